The first-order valence-electron chi connectivity index (χ1n) is 19.4. The van der Waals surface area contributed by atoms with E-state index in [2.05, 4.69) is 62.5 Å². The second-order valence-corrected chi connectivity index (χ2v) is 15.4. The monoisotopic (exact) mass is 727 g/mol. The fraction of sp³-hybridized carbons (Fsp3) is 0.750. The summed E-state index contributed by atoms with van der Waals surface area (Å²) in [6, 6.07) is 0. The van der Waals surface area contributed by atoms with E-state index >= 15 is 0 Å². The molecule has 0 aliphatic heterocycles. The zero-order valence-electron chi connectivity index (χ0n) is 32.4. The first kappa shape index (κ1) is 48.0. The Balaban J connectivity index is 4.48. The van der Waals surface area contributed by atoms with E-state index in [0.717, 1.165) is 96.3 Å². The molecule has 0 radical (unpaired) electrons. The van der Waals surface area contributed by atoms with Crippen LogP contribution in [0.25, 0.3) is 0 Å². The first-order chi connectivity index (χ1) is 24.0. The largest absolute Gasteiger partial charge is 0.472 e. The highest BCUT2D eigenvalue weighted by Crippen LogP contribution is 2.43. The second-order valence-electron chi connectivity index (χ2n) is 13.9. The molecule has 0 amide bonds. The van der Waals surface area contributed by atoms with E-state index in [1.165, 1.54) is 12.8 Å². The number of hydrogen-bond acceptors (Lipinski definition) is 7. The van der Waals surface area contributed by atoms with Crippen LogP contribution >= 0.6 is 7.82 Å². The second kappa shape index (κ2) is 32.8. The molecule has 0 aliphatic carbocycles. The summed E-state index contributed by atoms with van der Waals surface area (Å²) in [5, 5.41) is 0. The summed E-state index contributed by atoms with van der Waals surface area (Å²) in [5.41, 5.74) is 0. The van der Waals surface area contributed by atoms with Crippen LogP contribution in [-0.4, -0.2) is 74.9 Å². The SMILES string of the molecule is CC/C=C/C/C=C/C/C=C/CCCCCCCC(=O)O[C@H](COC(=O)CCCCCCC/C=C/CCCC)COP(=O)(O)OCC[N+](C)(C)C. The molecule has 0 aromatic carbocycles. The van der Waals surface area contributed by atoms with Gasteiger partial charge in [0.05, 0.1) is 27.7 Å². The van der Waals surface area contributed by atoms with Gasteiger partial charge >= 0.3 is 19.8 Å². The van der Waals surface area contributed by atoms with Crippen molar-refractivity contribution in [1.82, 2.24) is 0 Å². The van der Waals surface area contributed by atoms with Crippen molar-refractivity contribution >= 4 is 19.8 Å². The van der Waals surface area contributed by atoms with Gasteiger partial charge < -0.3 is 18.9 Å². The van der Waals surface area contributed by atoms with Crippen molar-refractivity contribution in [1.29, 1.82) is 0 Å². The molecule has 1 unspecified atom stereocenters. The number of unbranched alkanes of at least 4 members (excludes halogenated alkanes) is 12. The normalized spacial score (nSPS) is 14.3. The van der Waals surface area contributed by atoms with Crippen molar-refractivity contribution in [2.75, 3.05) is 47.5 Å². The summed E-state index contributed by atoms with van der Waals surface area (Å²) in [4.78, 5) is 35.2. The fourth-order valence-corrected chi connectivity index (χ4v) is 5.51. The number of likely N-dealkylation sites (N-methyl/N-ethyl adjacent to an activating group) is 1. The van der Waals surface area contributed by atoms with Gasteiger partial charge in [0.15, 0.2) is 6.10 Å². The number of esters is 2. The van der Waals surface area contributed by atoms with E-state index < -0.39 is 26.5 Å². The maximum atomic E-state index is 12.6. The predicted octanol–water partition coefficient (Wildman–Crippen LogP) is 10.3. The lowest BCUT2D eigenvalue weighted by atomic mass is 10.1. The topological polar surface area (TPSA) is 108 Å². The van der Waals surface area contributed by atoms with Crippen molar-refractivity contribution in [3.8, 4) is 0 Å². The van der Waals surface area contributed by atoms with Gasteiger partial charge in [-0.25, -0.2) is 4.57 Å². The third-order valence-corrected chi connectivity index (χ3v) is 8.83. The zero-order chi connectivity index (χ0) is 37.2. The third kappa shape index (κ3) is 35.8. The molecule has 0 fully saturated rings. The van der Waals surface area contributed by atoms with Crippen LogP contribution < -0.4 is 0 Å². The minimum atomic E-state index is -4.37. The Bertz CT molecular complexity index is 1000. The van der Waals surface area contributed by atoms with Crippen LogP contribution in [-0.2, 0) is 32.7 Å². The molecule has 50 heavy (non-hydrogen) atoms. The maximum Gasteiger partial charge on any atom is 0.472 e. The van der Waals surface area contributed by atoms with Crippen molar-refractivity contribution in [2.45, 2.75) is 148 Å². The third-order valence-electron chi connectivity index (χ3n) is 7.84. The number of ether oxygens (including phenoxy) is 2. The number of phosphoric ester groups is 1. The number of hydrogen-bond donors (Lipinski definition) is 1. The lowest BCUT2D eigenvalue weighted by molar-refractivity contribution is -0.870. The number of quaternary nitrogens is 1. The van der Waals surface area contributed by atoms with E-state index in [4.69, 9.17) is 18.5 Å². The molecule has 0 saturated heterocycles. The van der Waals surface area contributed by atoms with Crippen LogP contribution in [0.1, 0.15) is 142 Å². The highest BCUT2D eigenvalue weighted by atomic mass is 31.2. The lowest BCUT2D eigenvalue weighted by Gasteiger charge is -2.24. The van der Waals surface area contributed by atoms with Crippen LogP contribution in [0, 0.1) is 0 Å². The molecule has 0 bridgehead atoms. The fourth-order valence-electron chi connectivity index (χ4n) is 4.77. The summed E-state index contributed by atoms with van der Waals surface area (Å²) in [6.07, 6.45) is 35.9. The number of rotatable bonds is 34. The molecule has 0 heterocycles. The summed E-state index contributed by atoms with van der Waals surface area (Å²) in [7, 11) is 1.45. The smallest absolute Gasteiger partial charge is 0.462 e. The maximum absolute atomic E-state index is 12.6. The van der Waals surface area contributed by atoms with E-state index in [0.29, 0.717) is 17.4 Å². The number of carbonyl (C=O) groups excluding carboxylic acids is 2. The molecule has 9 nitrogen and oxygen atoms in total. The first-order valence-corrected chi connectivity index (χ1v) is 20.9. The molecule has 0 rings (SSSR count). The molecular weight excluding hydrogens is 653 g/mol. The summed E-state index contributed by atoms with van der Waals surface area (Å²) < 4.78 is 34.1. The standard InChI is InChI=1S/C40H72NO8P/c1-6-8-10-12-14-16-18-19-20-21-23-25-27-29-31-33-40(43)49-38(37-48-50(44,45)47-35-34-41(3,4)5)36-46-39(42)32-30-28-26-24-22-17-15-13-11-9-7-2/h8,10,13-16,19-20,38H,6-7,9,11-12,17-18,21-37H2,1-5H3/p+1/b10-8+,15-13+,16-14+,20-19+/t38-/m1/s1. The van der Waals surface area contributed by atoms with Crippen molar-refractivity contribution in [3.05, 3.63) is 48.6 Å². The average Bonchev–Trinajstić information content (AvgIpc) is 3.06. The van der Waals surface area contributed by atoms with Crippen LogP contribution in [0.3, 0.4) is 0 Å². The lowest BCUT2D eigenvalue weighted by Crippen LogP contribution is -2.37. The van der Waals surface area contributed by atoms with Gasteiger partial charge in [-0.2, -0.15) is 0 Å². The molecule has 0 aromatic heterocycles. The molecule has 10 heteroatoms. The minimum Gasteiger partial charge on any atom is -0.462 e. The Labute approximate surface area is 305 Å². The van der Waals surface area contributed by atoms with Gasteiger partial charge in [0.25, 0.3) is 0 Å². The Hall–Kier alpha value is -2.03. The zero-order valence-corrected chi connectivity index (χ0v) is 33.3. The van der Waals surface area contributed by atoms with Gasteiger partial charge in [-0.15, -0.1) is 0 Å². The summed E-state index contributed by atoms with van der Waals surface area (Å²) in [6.45, 7) is 4.21. The highest BCUT2D eigenvalue weighted by Gasteiger charge is 2.27. The molecule has 0 saturated carbocycles. The van der Waals surface area contributed by atoms with Gasteiger partial charge in [-0.3, -0.25) is 18.6 Å². The van der Waals surface area contributed by atoms with Crippen molar-refractivity contribution in [3.63, 3.8) is 0 Å². The van der Waals surface area contributed by atoms with E-state index in [1.807, 2.05) is 21.1 Å². The van der Waals surface area contributed by atoms with Gasteiger partial charge in [0.2, 0.25) is 0 Å². The van der Waals surface area contributed by atoms with Crippen molar-refractivity contribution < 1.29 is 42.1 Å². The van der Waals surface area contributed by atoms with Crippen LogP contribution in [0.2, 0.25) is 0 Å². The minimum absolute atomic E-state index is 0.0250. The average molecular weight is 727 g/mol. The van der Waals surface area contributed by atoms with Gasteiger partial charge in [0.1, 0.15) is 19.8 Å². The van der Waals surface area contributed by atoms with Gasteiger partial charge in [-0.05, 0) is 64.2 Å². The number of carbonyl (C=O) groups is 2. The van der Waals surface area contributed by atoms with Gasteiger partial charge in [-0.1, -0.05) is 114 Å². The quantitative estimate of drug-likeness (QED) is 0.0230. The number of allylic oxidation sites excluding steroid dienone is 8. The van der Waals surface area contributed by atoms with E-state index in [-0.39, 0.29) is 32.0 Å². The Kier molecular flexibility index (Phi) is 31.5. The Morgan fingerprint density at radius 1 is 0.640 bits per heavy atom. The highest BCUT2D eigenvalue weighted by molar-refractivity contribution is 7.47. The molecule has 0 aliphatic rings. The van der Waals surface area contributed by atoms with Crippen LogP contribution in [0.4, 0.5) is 0 Å². The molecule has 1 N–H and O–H groups in total. The summed E-state index contributed by atoms with van der Waals surface area (Å²) >= 11 is 0. The molecule has 0 aromatic rings. The molecule has 2 atom stereocenters. The van der Waals surface area contributed by atoms with E-state index in [9.17, 15) is 19.0 Å². The molecular formula is C40H73NO8P+. The van der Waals surface area contributed by atoms with Crippen molar-refractivity contribution in [2.24, 2.45) is 0 Å². The van der Waals surface area contributed by atoms with Gasteiger partial charge in [0, 0.05) is 12.8 Å². The predicted molar refractivity (Wildman–Crippen MR) is 206 cm³/mol. The Morgan fingerprint density at radius 2 is 1.14 bits per heavy atom. The Morgan fingerprint density at radius 3 is 1.72 bits per heavy atom. The summed E-state index contributed by atoms with van der Waals surface area (Å²) in [5.74, 6) is -0.836. The van der Waals surface area contributed by atoms with E-state index in [1.54, 1.807) is 0 Å². The number of phosphoric acid groups is 1. The van der Waals surface area contributed by atoms with Crippen LogP contribution in [0.15, 0.2) is 48.6 Å². The molecule has 0 spiro atoms. The number of nitrogens with zero attached hydrogens (tertiary/aromatic N) is 1. The van der Waals surface area contributed by atoms with Crippen LogP contribution in [0.5, 0.6) is 0 Å². The molecule has 290 valence electrons.